The first kappa shape index (κ1) is 14.8. The molecule has 1 aliphatic heterocycles. The maximum absolute atomic E-state index is 12.7. The monoisotopic (exact) mass is 300 g/mol. The highest BCUT2D eigenvalue weighted by Crippen LogP contribution is 2.24. The second kappa shape index (κ2) is 6.26. The predicted molar refractivity (Wildman–Crippen MR) is 79.8 cm³/mol. The van der Waals surface area contributed by atoms with Crippen molar-refractivity contribution in [1.29, 1.82) is 0 Å². The lowest BCUT2D eigenvalue weighted by Crippen LogP contribution is -2.38. The van der Waals surface area contributed by atoms with Crippen LogP contribution in [0.25, 0.3) is 0 Å². The van der Waals surface area contributed by atoms with Crippen LogP contribution in [-0.2, 0) is 23.0 Å². The first-order chi connectivity index (χ1) is 9.09. The van der Waals surface area contributed by atoms with Crippen molar-refractivity contribution in [2.24, 2.45) is 5.73 Å². The minimum absolute atomic E-state index is 0.363. The van der Waals surface area contributed by atoms with E-state index in [0.717, 1.165) is 22.6 Å². The van der Waals surface area contributed by atoms with E-state index in [1.54, 1.807) is 22.1 Å². The standard InChI is InChI=1S/C13H20N2O2S2/c1-2-12-4-3-11(10-14)9-13(12)19(16,17)15-5-7-18-8-6-15/h3-4,9H,2,5-8,10,14H2,1H3. The summed E-state index contributed by atoms with van der Waals surface area (Å²) in [6.07, 6.45) is 0.710. The summed E-state index contributed by atoms with van der Waals surface area (Å²) in [5, 5.41) is 0. The number of benzene rings is 1. The van der Waals surface area contributed by atoms with Gasteiger partial charge in [0, 0.05) is 31.1 Å². The molecule has 1 saturated heterocycles. The van der Waals surface area contributed by atoms with Gasteiger partial charge in [-0.15, -0.1) is 0 Å². The highest BCUT2D eigenvalue weighted by Gasteiger charge is 2.28. The van der Waals surface area contributed by atoms with E-state index in [1.807, 2.05) is 19.1 Å². The van der Waals surface area contributed by atoms with Crippen LogP contribution in [0.1, 0.15) is 18.1 Å². The fourth-order valence-electron chi connectivity index (χ4n) is 2.18. The van der Waals surface area contributed by atoms with Crippen LogP contribution < -0.4 is 5.73 Å². The van der Waals surface area contributed by atoms with Gasteiger partial charge >= 0.3 is 0 Å². The van der Waals surface area contributed by atoms with Gasteiger partial charge in [0.15, 0.2) is 0 Å². The highest BCUT2D eigenvalue weighted by molar-refractivity contribution is 7.99. The van der Waals surface area contributed by atoms with Crippen LogP contribution in [0.3, 0.4) is 0 Å². The van der Waals surface area contributed by atoms with Crippen LogP contribution in [0.4, 0.5) is 0 Å². The van der Waals surface area contributed by atoms with Gasteiger partial charge in [-0.1, -0.05) is 19.1 Å². The van der Waals surface area contributed by atoms with Crippen molar-refractivity contribution in [3.63, 3.8) is 0 Å². The second-order valence-electron chi connectivity index (χ2n) is 4.52. The smallest absolute Gasteiger partial charge is 0.243 e. The SMILES string of the molecule is CCc1ccc(CN)cc1S(=O)(=O)N1CCSCC1. The molecule has 106 valence electrons. The Kier molecular flexibility index (Phi) is 4.89. The lowest BCUT2D eigenvalue weighted by Gasteiger charge is -2.26. The van der Waals surface area contributed by atoms with Crippen LogP contribution in [-0.4, -0.2) is 37.3 Å². The zero-order valence-electron chi connectivity index (χ0n) is 11.1. The van der Waals surface area contributed by atoms with Gasteiger partial charge in [0.25, 0.3) is 0 Å². The lowest BCUT2D eigenvalue weighted by molar-refractivity contribution is 0.443. The molecule has 1 aromatic carbocycles. The van der Waals surface area contributed by atoms with Gasteiger partial charge in [0.1, 0.15) is 0 Å². The number of thioether (sulfide) groups is 1. The molecule has 0 spiro atoms. The molecule has 2 N–H and O–H groups in total. The molecule has 4 nitrogen and oxygen atoms in total. The first-order valence-electron chi connectivity index (χ1n) is 6.49. The fraction of sp³-hybridized carbons (Fsp3) is 0.538. The zero-order valence-corrected chi connectivity index (χ0v) is 12.8. The first-order valence-corrected chi connectivity index (χ1v) is 9.09. The molecule has 0 bridgehead atoms. The molecule has 0 aromatic heterocycles. The summed E-state index contributed by atoms with van der Waals surface area (Å²) in [5.41, 5.74) is 7.35. The number of hydrogen-bond donors (Lipinski definition) is 1. The summed E-state index contributed by atoms with van der Waals surface area (Å²) in [7, 11) is -3.37. The predicted octanol–water partition coefficient (Wildman–Crippen LogP) is 1.45. The van der Waals surface area contributed by atoms with E-state index in [-0.39, 0.29) is 0 Å². The van der Waals surface area contributed by atoms with Crippen molar-refractivity contribution in [2.75, 3.05) is 24.6 Å². The summed E-state index contributed by atoms with van der Waals surface area (Å²) >= 11 is 1.80. The summed E-state index contributed by atoms with van der Waals surface area (Å²) in [5.74, 6) is 1.74. The van der Waals surface area contributed by atoms with E-state index in [2.05, 4.69) is 0 Å². The Morgan fingerprint density at radius 2 is 2.00 bits per heavy atom. The molecule has 0 amide bonds. The number of sulfonamides is 1. The number of aryl methyl sites for hydroxylation is 1. The molecule has 0 atom stereocenters. The quantitative estimate of drug-likeness (QED) is 0.914. The van der Waals surface area contributed by atoms with Crippen LogP contribution in [0, 0.1) is 0 Å². The van der Waals surface area contributed by atoms with Crippen molar-refractivity contribution < 1.29 is 8.42 Å². The van der Waals surface area contributed by atoms with Crippen molar-refractivity contribution in [2.45, 2.75) is 24.8 Å². The molecule has 1 aromatic rings. The van der Waals surface area contributed by atoms with Crippen LogP contribution in [0.15, 0.2) is 23.1 Å². The average Bonchev–Trinajstić information content (AvgIpc) is 2.47. The van der Waals surface area contributed by atoms with Crippen molar-refractivity contribution in [3.8, 4) is 0 Å². The van der Waals surface area contributed by atoms with Gasteiger partial charge < -0.3 is 5.73 Å². The van der Waals surface area contributed by atoms with Gasteiger partial charge in [0.05, 0.1) is 4.90 Å². The van der Waals surface area contributed by atoms with Crippen molar-refractivity contribution in [1.82, 2.24) is 4.31 Å². The summed E-state index contributed by atoms with van der Waals surface area (Å²) < 4.78 is 27.0. The van der Waals surface area contributed by atoms with E-state index >= 15 is 0 Å². The lowest BCUT2D eigenvalue weighted by atomic mass is 10.1. The van der Waals surface area contributed by atoms with E-state index < -0.39 is 10.0 Å². The number of hydrogen-bond acceptors (Lipinski definition) is 4. The molecule has 2 rings (SSSR count). The molecule has 0 radical (unpaired) electrons. The minimum Gasteiger partial charge on any atom is -0.326 e. The molecular formula is C13H20N2O2S2. The maximum Gasteiger partial charge on any atom is 0.243 e. The molecule has 1 aliphatic rings. The number of rotatable bonds is 4. The van der Waals surface area contributed by atoms with Gasteiger partial charge in [-0.2, -0.15) is 16.1 Å². The molecule has 0 unspecified atom stereocenters. The Hall–Kier alpha value is -0.560. The van der Waals surface area contributed by atoms with Gasteiger partial charge in [0.2, 0.25) is 10.0 Å². The summed E-state index contributed by atoms with van der Waals surface area (Å²) in [6.45, 7) is 3.54. The Morgan fingerprint density at radius 3 is 2.58 bits per heavy atom. The molecule has 19 heavy (non-hydrogen) atoms. The Balaban J connectivity index is 2.43. The van der Waals surface area contributed by atoms with Crippen LogP contribution >= 0.6 is 11.8 Å². The normalized spacial score (nSPS) is 17.6. The molecule has 0 aliphatic carbocycles. The highest BCUT2D eigenvalue weighted by atomic mass is 32.2. The maximum atomic E-state index is 12.7. The van der Waals surface area contributed by atoms with Gasteiger partial charge in [-0.25, -0.2) is 8.42 Å². The second-order valence-corrected chi connectivity index (χ2v) is 7.65. The third-order valence-corrected chi connectivity index (χ3v) is 6.26. The summed E-state index contributed by atoms with van der Waals surface area (Å²) in [6, 6.07) is 5.52. The Morgan fingerprint density at radius 1 is 1.32 bits per heavy atom. The van der Waals surface area contributed by atoms with E-state index in [0.29, 0.717) is 31.0 Å². The third-order valence-electron chi connectivity index (χ3n) is 3.34. The van der Waals surface area contributed by atoms with E-state index in [9.17, 15) is 8.42 Å². The fourth-order valence-corrected chi connectivity index (χ4v) is 5.10. The van der Waals surface area contributed by atoms with Crippen LogP contribution in [0.5, 0.6) is 0 Å². The molecule has 0 saturated carbocycles. The van der Waals surface area contributed by atoms with E-state index in [4.69, 9.17) is 5.73 Å². The van der Waals surface area contributed by atoms with Crippen LogP contribution in [0.2, 0.25) is 0 Å². The average molecular weight is 300 g/mol. The molecular weight excluding hydrogens is 280 g/mol. The number of nitrogens with two attached hydrogens (primary N) is 1. The van der Waals surface area contributed by atoms with Crippen molar-refractivity contribution in [3.05, 3.63) is 29.3 Å². The molecule has 1 heterocycles. The Labute approximate surface area is 119 Å². The Bertz CT molecular complexity index is 538. The van der Waals surface area contributed by atoms with Crippen molar-refractivity contribution >= 4 is 21.8 Å². The molecule has 1 fully saturated rings. The van der Waals surface area contributed by atoms with Gasteiger partial charge in [-0.05, 0) is 23.6 Å². The number of nitrogens with zero attached hydrogens (tertiary/aromatic N) is 1. The largest absolute Gasteiger partial charge is 0.326 e. The minimum atomic E-state index is -3.37. The van der Waals surface area contributed by atoms with E-state index in [1.165, 1.54) is 0 Å². The molecule has 6 heteroatoms. The topological polar surface area (TPSA) is 63.4 Å². The zero-order chi connectivity index (χ0) is 13.9. The summed E-state index contributed by atoms with van der Waals surface area (Å²) in [4.78, 5) is 0.435. The van der Waals surface area contributed by atoms with Gasteiger partial charge in [-0.3, -0.25) is 0 Å². The third kappa shape index (κ3) is 3.13.